The molecule has 0 spiro atoms. The van der Waals surface area contributed by atoms with E-state index in [0.29, 0.717) is 20.9 Å². The van der Waals surface area contributed by atoms with Gasteiger partial charge in [-0.1, -0.05) is 30.3 Å². The SMILES string of the molecule is c1ccc(CN2C[C@@H]3OCC4=C(NPN4)[C@@H]3C2)cc1. The first-order valence-corrected chi connectivity index (χ1v) is 7.78. The number of hydrogen-bond acceptors (Lipinski definition) is 4. The number of nitrogens with one attached hydrogen (secondary N) is 2. The molecule has 1 aromatic carbocycles. The minimum absolute atomic E-state index is 0.361. The zero-order valence-electron chi connectivity index (χ0n) is 10.7. The van der Waals surface area contributed by atoms with Gasteiger partial charge in [-0.05, 0) is 5.56 Å². The van der Waals surface area contributed by atoms with Crippen molar-refractivity contribution in [3.8, 4) is 0 Å². The summed E-state index contributed by atoms with van der Waals surface area (Å²) in [5.74, 6) is 0.523. The average Bonchev–Trinajstić information content (AvgIpc) is 3.04. The van der Waals surface area contributed by atoms with E-state index < -0.39 is 0 Å². The fraction of sp³-hybridized carbons (Fsp3) is 0.429. The van der Waals surface area contributed by atoms with Crippen LogP contribution in [0, 0.1) is 5.92 Å². The minimum Gasteiger partial charge on any atom is -0.370 e. The summed E-state index contributed by atoms with van der Waals surface area (Å²) in [5, 5.41) is 6.89. The maximum Gasteiger partial charge on any atom is 0.0887 e. The zero-order valence-corrected chi connectivity index (χ0v) is 11.7. The lowest BCUT2D eigenvalue weighted by atomic mass is 9.99. The van der Waals surface area contributed by atoms with Crippen LogP contribution in [0.15, 0.2) is 41.7 Å². The summed E-state index contributed by atoms with van der Waals surface area (Å²) in [4.78, 5) is 2.50. The lowest BCUT2D eigenvalue weighted by molar-refractivity contribution is 0.0424. The van der Waals surface area contributed by atoms with E-state index >= 15 is 0 Å². The van der Waals surface area contributed by atoms with Crippen molar-refractivity contribution in [2.75, 3.05) is 19.7 Å². The molecule has 1 saturated heterocycles. The molecule has 3 heterocycles. The Bertz CT molecular complexity index is 505. The van der Waals surface area contributed by atoms with Crippen LogP contribution in [0.25, 0.3) is 0 Å². The van der Waals surface area contributed by atoms with Gasteiger partial charge in [0.25, 0.3) is 0 Å². The molecule has 5 heteroatoms. The molecule has 0 bridgehead atoms. The molecule has 19 heavy (non-hydrogen) atoms. The van der Waals surface area contributed by atoms with Crippen molar-refractivity contribution in [3.63, 3.8) is 0 Å². The molecule has 1 fully saturated rings. The van der Waals surface area contributed by atoms with Crippen molar-refractivity contribution in [2.45, 2.75) is 12.6 Å². The van der Waals surface area contributed by atoms with Gasteiger partial charge in [0.05, 0.1) is 27.3 Å². The summed E-state index contributed by atoms with van der Waals surface area (Å²) >= 11 is 0. The summed E-state index contributed by atoms with van der Waals surface area (Å²) in [6.07, 6.45) is 0.361. The highest BCUT2D eigenvalue weighted by Gasteiger charge is 2.41. The molecule has 3 atom stereocenters. The third-order valence-electron chi connectivity index (χ3n) is 4.14. The maximum atomic E-state index is 5.99. The van der Waals surface area contributed by atoms with Crippen molar-refractivity contribution in [1.29, 1.82) is 0 Å². The fourth-order valence-corrected chi connectivity index (χ4v) is 4.10. The van der Waals surface area contributed by atoms with Gasteiger partial charge in [0.15, 0.2) is 0 Å². The lowest BCUT2D eigenvalue weighted by Gasteiger charge is -2.25. The Morgan fingerprint density at radius 1 is 1.21 bits per heavy atom. The van der Waals surface area contributed by atoms with Gasteiger partial charge >= 0.3 is 0 Å². The topological polar surface area (TPSA) is 36.5 Å². The van der Waals surface area contributed by atoms with E-state index in [1.165, 1.54) is 17.0 Å². The van der Waals surface area contributed by atoms with Crippen LogP contribution in [0.5, 0.6) is 0 Å². The van der Waals surface area contributed by atoms with Gasteiger partial charge in [-0.2, -0.15) is 0 Å². The minimum atomic E-state index is 0.361. The summed E-state index contributed by atoms with van der Waals surface area (Å²) in [6.45, 7) is 3.91. The quantitative estimate of drug-likeness (QED) is 0.801. The first kappa shape index (κ1) is 11.7. The van der Waals surface area contributed by atoms with Gasteiger partial charge in [0, 0.05) is 31.2 Å². The van der Waals surface area contributed by atoms with Gasteiger partial charge in [-0.15, -0.1) is 0 Å². The van der Waals surface area contributed by atoms with Crippen molar-refractivity contribution in [1.82, 2.24) is 15.1 Å². The highest BCUT2D eigenvalue weighted by molar-refractivity contribution is 7.34. The molecule has 0 amide bonds. The van der Waals surface area contributed by atoms with E-state index in [1.807, 2.05) is 0 Å². The lowest BCUT2D eigenvalue weighted by Crippen LogP contribution is -2.33. The summed E-state index contributed by atoms with van der Waals surface area (Å²) < 4.78 is 5.99. The number of rotatable bonds is 2. The van der Waals surface area contributed by atoms with Crippen molar-refractivity contribution in [2.24, 2.45) is 5.92 Å². The Balaban J connectivity index is 1.48. The Hall–Kier alpha value is -1.09. The van der Waals surface area contributed by atoms with Crippen LogP contribution in [0.3, 0.4) is 0 Å². The number of nitrogens with zero attached hydrogens (tertiary/aromatic N) is 1. The molecule has 2 N–H and O–H groups in total. The Morgan fingerprint density at radius 2 is 2.11 bits per heavy atom. The predicted molar refractivity (Wildman–Crippen MR) is 76.6 cm³/mol. The van der Waals surface area contributed by atoms with E-state index in [-0.39, 0.29) is 0 Å². The molecule has 4 rings (SSSR count). The Labute approximate surface area is 115 Å². The number of ether oxygens (including phenoxy) is 1. The molecule has 1 aromatic rings. The molecule has 4 nitrogen and oxygen atoms in total. The number of fused-ring (bicyclic) bond motifs is 2. The number of benzene rings is 1. The second-order valence-corrected chi connectivity index (χ2v) is 6.15. The fourth-order valence-electron chi connectivity index (χ4n) is 3.21. The Kier molecular flexibility index (Phi) is 2.95. The van der Waals surface area contributed by atoms with E-state index in [0.717, 1.165) is 26.2 Å². The third-order valence-corrected chi connectivity index (χ3v) is 4.96. The highest BCUT2D eigenvalue weighted by Crippen LogP contribution is 2.36. The van der Waals surface area contributed by atoms with Crippen LogP contribution in [-0.2, 0) is 11.3 Å². The van der Waals surface area contributed by atoms with E-state index in [2.05, 4.69) is 45.4 Å². The van der Waals surface area contributed by atoms with Crippen molar-refractivity contribution in [3.05, 3.63) is 47.3 Å². The molecule has 0 radical (unpaired) electrons. The normalized spacial score (nSPS) is 30.9. The summed E-state index contributed by atoms with van der Waals surface area (Å²) in [6, 6.07) is 10.7. The van der Waals surface area contributed by atoms with Gasteiger partial charge in [-0.25, -0.2) is 0 Å². The Morgan fingerprint density at radius 3 is 3.00 bits per heavy atom. The van der Waals surface area contributed by atoms with Crippen LogP contribution in [0.1, 0.15) is 5.56 Å². The van der Waals surface area contributed by atoms with Crippen LogP contribution < -0.4 is 10.2 Å². The molecule has 0 aliphatic carbocycles. The van der Waals surface area contributed by atoms with Gasteiger partial charge < -0.3 is 14.9 Å². The van der Waals surface area contributed by atoms with Crippen molar-refractivity contribution >= 4 is 8.88 Å². The van der Waals surface area contributed by atoms with E-state index in [4.69, 9.17) is 4.74 Å². The van der Waals surface area contributed by atoms with Crippen LogP contribution in [-0.4, -0.2) is 30.7 Å². The predicted octanol–water partition coefficient (Wildman–Crippen LogP) is 1.43. The molecule has 0 aromatic heterocycles. The van der Waals surface area contributed by atoms with E-state index in [9.17, 15) is 0 Å². The van der Waals surface area contributed by atoms with Gasteiger partial charge in [-0.3, -0.25) is 4.90 Å². The van der Waals surface area contributed by atoms with Crippen LogP contribution in [0.4, 0.5) is 0 Å². The first-order chi connectivity index (χ1) is 9.40. The van der Waals surface area contributed by atoms with Crippen LogP contribution >= 0.6 is 8.88 Å². The summed E-state index contributed by atoms with van der Waals surface area (Å²) in [7, 11) is 0.622. The van der Waals surface area contributed by atoms with Crippen molar-refractivity contribution < 1.29 is 4.74 Å². The maximum absolute atomic E-state index is 5.99. The van der Waals surface area contributed by atoms with Gasteiger partial charge in [0.2, 0.25) is 0 Å². The largest absolute Gasteiger partial charge is 0.370 e. The zero-order chi connectivity index (χ0) is 12.7. The molecule has 1 unspecified atom stereocenters. The monoisotopic (exact) mass is 275 g/mol. The van der Waals surface area contributed by atoms with E-state index in [1.54, 1.807) is 0 Å². The molecule has 3 aliphatic rings. The second kappa shape index (κ2) is 4.78. The molecular formula is C14H18N3OP. The van der Waals surface area contributed by atoms with Crippen LogP contribution in [0.2, 0.25) is 0 Å². The molecule has 0 saturated carbocycles. The first-order valence-electron chi connectivity index (χ1n) is 6.78. The molecule has 100 valence electrons. The number of likely N-dealkylation sites (tertiary alicyclic amines) is 1. The standard InChI is InChI=1S/C14H18N3OP/c1-2-4-10(5-3-1)6-17-7-11-13(8-17)18-9-12-14(11)16-19-15-12/h1-5,11,13,15-16,19H,6-9H2/t11-,13+/m1/s1. The molecule has 3 aliphatic heterocycles. The third kappa shape index (κ3) is 2.14. The average molecular weight is 275 g/mol. The second-order valence-electron chi connectivity index (χ2n) is 5.40. The summed E-state index contributed by atoms with van der Waals surface area (Å²) in [5.41, 5.74) is 4.07. The van der Waals surface area contributed by atoms with Gasteiger partial charge in [0.1, 0.15) is 0 Å². The number of hydrogen-bond donors (Lipinski definition) is 2. The highest BCUT2D eigenvalue weighted by atomic mass is 31.1. The molecular weight excluding hydrogens is 257 g/mol. The smallest absolute Gasteiger partial charge is 0.0887 e.